The number of ether oxygens (including phenoxy) is 1. The van der Waals surface area contributed by atoms with Crippen LogP contribution in [0.5, 0.6) is 0 Å². The largest absolute Gasteiger partial charge is 0.375 e. The van der Waals surface area contributed by atoms with E-state index >= 15 is 0 Å². The molecular formula is C17H29N3O. The molecule has 1 rings (SSSR count). The van der Waals surface area contributed by atoms with Gasteiger partial charge in [0.1, 0.15) is 0 Å². The predicted octanol–water partition coefficient (Wildman–Crippen LogP) is 2.80. The minimum atomic E-state index is 0.396. The van der Waals surface area contributed by atoms with E-state index < -0.39 is 0 Å². The molecule has 1 atom stereocenters. The average Bonchev–Trinajstić information content (AvgIpc) is 2.48. The van der Waals surface area contributed by atoms with E-state index in [0.29, 0.717) is 31.7 Å². The lowest BCUT2D eigenvalue weighted by Crippen LogP contribution is -2.44. The number of guanidine groups is 1. The Morgan fingerprint density at radius 1 is 1.19 bits per heavy atom. The van der Waals surface area contributed by atoms with Gasteiger partial charge in [-0.15, -0.1) is 0 Å². The van der Waals surface area contributed by atoms with Crippen molar-refractivity contribution in [2.45, 2.75) is 40.3 Å². The third kappa shape index (κ3) is 7.71. The molecule has 0 amide bonds. The monoisotopic (exact) mass is 291 g/mol. The summed E-state index contributed by atoms with van der Waals surface area (Å²) in [7, 11) is 0. The van der Waals surface area contributed by atoms with Crippen LogP contribution in [0.25, 0.3) is 0 Å². The lowest BCUT2D eigenvalue weighted by atomic mass is 10.1. The maximum absolute atomic E-state index is 5.64. The summed E-state index contributed by atoms with van der Waals surface area (Å²) in [6, 6.07) is 10.6. The van der Waals surface area contributed by atoms with Gasteiger partial charge < -0.3 is 15.4 Å². The van der Waals surface area contributed by atoms with Crippen molar-refractivity contribution in [3.63, 3.8) is 0 Å². The standard InChI is InChI=1S/C17H29N3O/c1-5-18-17(20-15(4)14(2)3)19-11-12-21-13-16-9-7-6-8-10-16/h6-10,14-15H,5,11-13H2,1-4H3,(H2,18,19,20). The van der Waals surface area contributed by atoms with Crippen LogP contribution in [-0.2, 0) is 11.3 Å². The summed E-state index contributed by atoms with van der Waals surface area (Å²) in [6.07, 6.45) is 0. The normalized spacial score (nSPS) is 13.3. The van der Waals surface area contributed by atoms with Gasteiger partial charge >= 0.3 is 0 Å². The van der Waals surface area contributed by atoms with Crippen LogP contribution in [0, 0.1) is 5.92 Å². The third-order valence-electron chi connectivity index (χ3n) is 3.33. The molecule has 0 radical (unpaired) electrons. The first-order valence-electron chi connectivity index (χ1n) is 7.80. The second-order valence-corrected chi connectivity index (χ2v) is 5.48. The van der Waals surface area contributed by atoms with E-state index in [-0.39, 0.29) is 0 Å². The fourth-order valence-electron chi connectivity index (χ4n) is 1.69. The number of hydrogen-bond donors (Lipinski definition) is 2. The Morgan fingerprint density at radius 2 is 1.90 bits per heavy atom. The topological polar surface area (TPSA) is 45.7 Å². The highest BCUT2D eigenvalue weighted by atomic mass is 16.5. The van der Waals surface area contributed by atoms with Crippen LogP contribution in [0.3, 0.4) is 0 Å². The molecule has 0 spiro atoms. The van der Waals surface area contributed by atoms with Crippen LogP contribution in [0.15, 0.2) is 35.3 Å². The van der Waals surface area contributed by atoms with Gasteiger partial charge in [0, 0.05) is 12.6 Å². The van der Waals surface area contributed by atoms with Gasteiger partial charge in [0.05, 0.1) is 19.8 Å². The van der Waals surface area contributed by atoms with Crippen LogP contribution in [0.1, 0.15) is 33.3 Å². The number of rotatable bonds is 8. The number of nitrogens with zero attached hydrogens (tertiary/aromatic N) is 1. The molecule has 118 valence electrons. The van der Waals surface area contributed by atoms with E-state index in [1.54, 1.807) is 0 Å². The zero-order valence-electron chi connectivity index (χ0n) is 13.7. The average molecular weight is 291 g/mol. The zero-order valence-corrected chi connectivity index (χ0v) is 13.7. The van der Waals surface area contributed by atoms with Gasteiger partial charge in [-0.2, -0.15) is 0 Å². The second-order valence-electron chi connectivity index (χ2n) is 5.48. The van der Waals surface area contributed by atoms with Gasteiger partial charge in [-0.05, 0) is 25.3 Å². The van der Waals surface area contributed by atoms with Crippen LogP contribution in [0.2, 0.25) is 0 Å². The predicted molar refractivity (Wildman–Crippen MR) is 89.5 cm³/mol. The smallest absolute Gasteiger partial charge is 0.191 e. The van der Waals surface area contributed by atoms with E-state index in [1.165, 1.54) is 5.56 Å². The summed E-state index contributed by atoms with van der Waals surface area (Å²) in [6.45, 7) is 11.4. The van der Waals surface area contributed by atoms with Crippen LogP contribution < -0.4 is 10.6 Å². The van der Waals surface area contributed by atoms with Crippen molar-refractivity contribution in [2.75, 3.05) is 19.7 Å². The minimum absolute atomic E-state index is 0.396. The Bertz CT molecular complexity index is 404. The molecule has 1 unspecified atom stereocenters. The summed E-state index contributed by atoms with van der Waals surface area (Å²) >= 11 is 0. The summed E-state index contributed by atoms with van der Waals surface area (Å²) in [5, 5.41) is 6.67. The number of hydrogen-bond acceptors (Lipinski definition) is 2. The SMILES string of the molecule is CCNC(=NCCOCc1ccccc1)NC(C)C(C)C. The maximum Gasteiger partial charge on any atom is 0.191 e. The van der Waals surface area contributed by atoms with Gasteiger partial charge in [0.25, 0.3) is 0 Å². The molecule has 21 heavy (non-hydrogen) atoms. The molecule has 1 aromatic carbocycles. The van der Waals surface area contributed by atoms with E-state index in [4.69, 9.17) is 4.74 Å². The maximum atomic E-state index is 5.64. The van der Waals surface area contributed by atoms with E-state index in [1.807, 2.05) is 18.2 Å². The molecule has 0 heterocycles. The quantitative estimate of drug-likeness (QED) is 0.440. The molecule has 0 aliphatic carbocycles. The highest BCUT2D eigenvalue weighted by molar-refractivity contribution is 5.80. The molecule has 0 saturated heterocycles. The van der Waals surface area contributed by atoms with Crippen molar-refractivity contribution in [1.29, 1.82) is 0 Å². The van der Waals surface area contributed by atoms with Crippen molar-refractivity contribution >= 4 is 5.96 Å². The summed E-state index contributed by atoms with van der Waals surface area (Å²) in [5.74, 6) is 1.44. The lowest BCUT2D eigenvalue weighted by molar-refractivity contribution is 0.128. The van der Waals surface area contributed by atoms with Crippen molar-refractivity contribution < 1.29 is 4.74 Å². The Labute approximate surface area is 129 Å². The number of benzene rings is 1. The number of nitrogens with one attached hydrogen (secondary N) is 2. The zero-order chi connectivity index (χ0) is 15.5. The fourth-order valence-corrected chi connectivity index (χ4v) is 1.69. The Kier molecular flexibility index (Phi) is 8.51. The first-order chi connectivity index (χ1) is 10.1. The summed E-state index contributed by atoms with van der Waals surface area (Å²) in [5.41, 5.74) is 1.19. The highest BCUT2D eigenvalue weighted by Gasteiger charge is 2.08. The molecule has 0 bridgehead atoms. The molecule has 0 aliphatic heterocycles. The Balaban J connectivity index is 2.30. The summed E-state index contributed by atoms with van der Waals surface area (Å²) in [4.78, 5) is 4.54. The fraction of sp³-hybridized carbons (Fsp3) is 0.588. The van der Waals surface area contributed by atoms with Crippen molar-refractivity contribution in [1.82, 2.24) is 10.6 Å². The first-order valence-corrected chi connectivity index (χ1v) is 7.80. The van der Waals surface area contributed by atoms with Gasteiger partial charge in [0.15, 0.2) is 5.96 Å². The van der Waals surface area contributed by atoms with E-state index in [9.17, 15) is 0 Å². The highest BCUT2D eigenvalue weighted by Crippen LogP contribution is 2.00. The van der Waals surface area contributed by atoms with Crippen LogP contribution >= 0.6 is 0 Å². The van der Waals surface area contributed by atoms with E-state index in [2.05, 4.69) is 55.5 Å². The lowest BCUT2D eigenvalue weighted by Gasteiger charge is -2.20. The van der Waals surface area contributed by atoms with Gasteiger partial charge in [-0.1, -0.05) is 44.2 Å². The molecule has 4 heteroatoms. The first kappa shape index (κ1) is 17.5. The Morgan fingerprint density at radius 3 is 2.52 bits per heavy atom. The van der Waals surface area contributed by atoms with Gasteiger partial charge in [-0.25, -0.2) is 0 Å². The Hall–Kier alpha value is -1.55. The van der Waals surface area contributed by atoms with Crippen molar-refractivity contribution in [2.24, 2.45) is 10.9 Å². The summed E-state index contributed by atoms with van der Waals surface area (Å²) < 4.78 is 5.64. The van der Waals surface area contributed by atoms with Crippen LogP contribution in [-0.4, -0.2) is 31.7 Å². The van der Waals surface area contributed by atoms with E-state index in [0.717, 1.165) is 12.5 Å². The molecule has 0 aromatic heterocycles. The molecular weight excluding hydrogens is 262 g/mol. The third-order valence-corrected chi connectivity index (χ3v) is 3.33. The minimum Gasteiger partial charge on any atom is -0.375 e. The van der Waals surface area contributed by atoms with Crippen LogP contribution in [0.4, 0.5) is 0 Å². The second kappa shape index (κ2) is 10.2. The van der Waals surface area contributed by atoms with Crippen molar-refractivity contribution in [3.8, 4) is 0 Å². The van der Waals surface area contributed by atoms with Crippen molar-refractivity contribution in [3.05, 3.63) is 35.9 Å². The van der Waals surface area contributed by atoms with Gasteiger partial charge in [0.2, 0.25) is 0 Å². The molecule has 2 N–H and O–H groups in total. The molecule has 0 saturated carbocycles. The molecule has 0 fully saturated rings. The molecule has 1 aromatic rings. The van der Waals surface area contributed by atoms with Gasteiger partial charge in [-0.3, -0.25) is 4.99 Å². The molecule has 0 aliphatic rings. The number of aliphatic imine (C=N–C) groups is 1. The molecule has 4 nitrogen and oxygen atoms in total.